The van der Waals surface area contributed by atoms with Crippen molar-refractivity contribution in [2.24, 2.45) is 0 Å². The van der Waals surface area contributed by atoms with Crippen molar-refractivity contribution in [3.05, 3.63) is 40.5 Å². The van der Waals surface area contributed by atoms with Crippen LogP contribution in [0.5, 0.6) is 0 Å². The van der Waals surface area contributed by atoms with E-state index in [-0.39, 0.29) is 5.82 Å². The van der Waals surface area contributed by atoms with E-state index >= 15 is 0 Å². The molecule has 0 aromatic heterocycles. The third kappa shape index (κ3) is 2.38. The lowest BCUT2D eigenvalue weighted by Crippen LogP contribution is -1.80. The summed E-state index contributed by atoms with van der Waals surface area (Å²) in [6.07, 6.45) is 0. The van der Waals surface area contributed by atoms with Gasteiger partial charge in [-0.1, -0.05) is 17.0 Å². The Labute approximate surface area is 65.3 Å². The van der Waals surface area contributed by atoms with E-state index in [1.165, 1.54) is 12.1 Å². The fourth-order valence-electron chi connectivity index (χ4n) is 0.806. The summed E-state index contributed by atoms with van der Waals surface area (Å²) < 4.78 is 12.5. The molecule has 1 nitrogen and oxygen atoms in total. The van der Waals surface area contributed by atoms with Crippen molar-refractivity contribution in [2.45, 2.75) is 13.5 Å². The van der Waals surface area contributed by atoms with Gasteiger partial charge < -0.3 is 0 Å². The SMILES string of the molecule is CC#[N+]Cc1cccc(F)c1. The zero-order valence-corrected chi connectivity index (χ0v) is 6.34. The van der Waals surface area contributed by atoms with Crippen LogP contribution in [-0.4, -0.2) is 0 Å². The third-order valence-electron chi connectivity index (χ3n) is 1.31. The molecule has 2 heteroatoms. The van der Waals surface area contributed by atoms with Crippen LogP contribution in [0.2, 0.25) is 0 Å². The summed E-state index contributed by atoms with van der Waals surface area (Å²) in [5.41, 5.74) is 0.874. The molecule has 0 saturated carbocycles. The van der Waals surface area contributed by atoms with Crippen LogP contribution >= 0.6 is 0 Å². The highest BCUT2D eigenvalue weighted by Gasteiger charge is 1.97. The molecule has 0 bridgehead atoms. The first-order valence-electron chi connectivity index (χ1n) is 3.40. The lowest BCUT2D eigenvalue weighted by Gasteiger charge is -1.87. The molecule has 0 spiro atoms. The van der Waals surface area contributed by atoms with Crippen LogP contribution in [0.4, 0.5) is 4.39 Å². The molecule has 0 aliphatic heterocycles. The Morgan fingerprint density at radius 3 is 3.00 bits per heavy atom. The molecule has 0 aliphatic rings. The fourth-order valence-corrected chi connectivity index (χ4v) is 0.806. The van der Waals surface area contributed by atoms with Gasteiger partial charge in [0.1, 0.15) is 5.82 Å². The number of rotatable bonds is 1. The molecular weight excluding hydrogens is 141 g/mol. The lowest BCUT2D eigenvalue weighted by atomic mass is 10.2. The molecule has 1 aromatic carbocycles. The molecule has 0 N–H and O–H groups in total. The summed E-state index contributed by atoms with van der Waals surface area (Å²) in [4.78, 5) is 3.87. The van der Waals surface area contributed by atoms with E-state index in [4.69, 9.17) is 0 Å². The van der Waals surface area contributed by atoms with Crippen LogP contribution in [0.15, 0.2) is 24.3 Å². The summed E-state index contributed by atoms with van der Waals surface area (Å²) in [6.45, 7) is 2.23. The van der Waals surface area contributed by atoms with Crippen LogP contribution in [0.1, 0.15) is 12.5 Å². The summed E-state index contributed by atoms with van der Waals surface area (Å²) >= 11 is 0. The quantitative estimate of drug-likeness (QED) is 0.579. The topological polar surface area (TPSA) is 4.36 Å². The summed E-state index contributed by atoms with van der Waals surface area (Å²) in [6, 6.07) is 9.04. The Hall–Kier alpha value is -1.36. The van der Waals surface area contributed by atoms with E-state index in [2.05, 4.69) is 10.9 Å². The Morgan fingerprint density at radius 2 is 2.36 bits per heavy atom. The fraction of sp³-hybridized carbons (Fsp3) is 0.222. The van der Waals surface area contributed by atoms with Crippen molar-refractivity contribution in [3.63, 3.8) is 0 Å². The van der Waals surface area contributed by atoms with Crippen LogP contribution in [0.3, 0.4) is 0 Å². The van der Waals surface area contributed by atoms with Crippen LogP contribution < -0.4 is 0 Å². The van der Waals surface area contributed by atoms with Crippen molar-refractivity contribution in [2.75, 3.05) is 0 Å². The first-order valence-corrected chi connectivity index (χ1v) is 3.40. The largest absolute Gasteiger partial charge is 0.288 e. The van der Waals surface area contributed by atoms with Gasteiger partial charge in [0.25, 0.3) is 12.6 Å². The minimum absolute atomic E-state index is 0.214. The standard InChI is InChI=1S/C9H9FN/c1-2-11-7-8-4-3-5-9(10)6-8/h3-6H,7H2,1H3/q+1. The van der Waals surface area contributed by atoms with Gasteiger partial charge in [-0.3, -0.25) is 0 Å². The highest BCUT2D eigenvalue weighted by molar-refractivity contribution is 5.17. The lowest BCUT2D eigenvalue weighted by molar-refractivity contribution is 0.626. The van der Waals surface area contributed by atoms with Crippen molar-refractivity contribution in [3.8, 4) is 6.07 Å². The van der Waals surface area contributed by atoms with Gasteiger partial charge in [0.15, 0.2) is 0 Å². The molecule has 0 atom stereocenters. The number of nitrogens with zero attached hydrogens (tertiary/aromatic N) is 1. The monoisotopic (exact) mass is 150 g/mol. The van der Waals surface area contributed by atoms with E-state index in [9.17, 15) is 4.39 Å². The maximum atomic E-state index is 12.5. The van der Waals surface area contributed by atoms with Gasteiger partial charge in [-0.2, -0.15) is 0 Å². The number of hydrogen-bond acceptors (Lipinski definition) is 0. The Bertz CT molecular complexity index is 296. The zero-order chi connectivity index (χ0) is 8.10. The average Bonchev–Trinajstić information content (AvgIpc) is 2.01. The predicted octanol–water partition coefficient (Wildman–Crippen LogP) is 2.68. The van der Waals surface area contributed by atoms with Gasteiger partial charge in [-0.15, -0.1) is 0 Å². The molecule has 11 heavy (non-hydrogen) atoms. The van der Waals surface area contributed by atoms with Crippen LogP contribution in [0.25, 0.3) is 4.85 Å². The molecule has 0 radical (unpaired) electrons. The Morgan fingerprint density at radius 1 is 1.55 bits per heavy atom. The van der Waals surface area contributed by atoms with E-state index < -0.39 is 0 Å². The number of halogens is 1. The van der Waals surface area contributed by atoms with Crippen molar-refractivity contribution >= 4 is 0 Å². The minimum atomic E-state index is -0.214. The van der Waals surface area contributed by atoms with Crippen molar-refractivity contribution < 1.29 is 4.39 Å². The first kappa shape index (κ1) is 7.74. The van der Waals surface area contributed by atoms with Gasteiger partial charge in [-0.25, -0.2) is 4.39 Å². The highest BCUT2D eigenvalue weighted by Crippen LogP contribution is 2.04. The van der Waals surface area contributed by atoms with E-state index in [0.29, 0.717) is 6.54 Å². The van der Waals surface area contributed by atoms with Gasteiger partial charge in [0.05, 0.1) is 6.92 Å². The maximum Gasteiger partial charge on any atom is 0.288 e. The highest BCUT2D eigenvalue weighted by atomic mass is 19.1. The molecule has 0 amide bonds. The molecule has 1 rings (SSSR count). The molecule has 0 aliphatic carbocycles. The van der Waals surface area contributed by atoms with Crippen molar-refractivity contribution in [1.82, 2.24) is 0 Å². The second-order valence-electron chi connectivity index (χ2n) is 2.17. The average molecular weight is 150 g/mol. The summed E-state index contributed by atoms with van der Waals surface area (Å²) in [5.74, 6) is -0.214. The van der Waals surface area contributed by atoms with Gasteiger partial charge in [-0.05, 0) is 12.1 Å². The van der Waals surface area contributed by atoms with Gasteiger partial charge >= 0.3 is 0 Å². The first-order chi connectivity index (χ1) is 5.33. The van der Waals surface area contributed by atoms with Crippen LogP contribution in [0, 0.1) is 11.9 Å². The molecular formula is C9H9FN+. The second-order valence-corrected chi connectivity index (χ2v) is 2.17. The Kier molecular flexibility index (Phi) is 2.62. The number of benzene rings is 1. The molecule has 0 saturated heterocycles. The smallest absolute Gasteiger partial charge is 0.207 e. The second kappa shape index (κ2) is 3.72. The number of hydrogen-bond donors (Lipinski definition) is 0. The predicted molar refractivity (Wildman–Crippen MR) is 43.0 cm³/mol. The van der Waals surface area contributed by atoms with E-state index in [1.54, 1.807) is 13.0 Å². The minimum Gasteiger partial charge on any atom is -0.207 e. The van der Waals surface area contributed by atoms with Crippen molar-refractivity contribution in [1.29, 1.82) is 0 Å². The Balaban J connectivity index is 2.76. The maximum absolute atomic E-state index is 12.5. The van der Waals surface area contributed by atoms with Gasteiger partial charge in [0.2, 0.25) is 0 Å². The molecule has 56 valence electrons. The third-order valence-corrected chi connectivity index (χ3v) is 1.31. The molecule has 0 fully saturated rings. The normalized spacial score (nSPS) is 8.55. The molecule has 0 heterocycles. The van der Waals surface area contributed by atoms with E-state index in [1.807, 2.05) is 6.07 Å². The summed E-state index contributed by atoms with van der Waals surface area (Å²) in [7, 11) is 0. The molecule has 1 aromatic rings. The molecule has 0 unspecified atom stereocenters. The van der Waals surface area contributed by atoms with E-state index in [0.717, 1.165) is 5.56 Å². The zero-order valence-electron chi connectivity index (χ0n) is 6.34. The van der Waals surface area contributed by atoms with Gasteiger partial charge in [0, 0.05) is 5.56 Å². The summed E-state index contributed by atoms with van der Waals surface area (Å²) in [5, 5.41) is 0. The van der Waals surface area contributed by atoms with Crippen LogP contribution in [-0.2, 0) is 6.54 Å².